The number of nitrogens with zero attached hydrogens (tertiary/aromatic N) is 1. The monoisotopic (exact) mass is 324 g/mol. The summed E-state index contributed by atoms with van der Waals surface area (Å²) in [6.07, 6.45) is -6.15. The molecule has 0 bridgehead atoms. The van der Waals surface area contributed by atoms with Crippen LogP contribution in [0.1, 0.15) is 12.0 Å². The zero-order valence-electron chi connectivity index (χ0n) is 8.83. The van der Waals surface area contributed by atoms with Crippen LogP contribution in [0.15, 0.2) is 33.7 Å². The largest absolute Gasteiger partial charge is 0.396 e. The molecular formula is C10H8BrF3N2O2. The van der Waals surface area contributed by atoms with Crippen molar-refractivity contribution in [3.8, 4) is 0 Å². The number of nitrogens with one attached hydrogen (secondary N) is 1. The van der Waals surface area contributed by atoms with E-state index in [1.54, 1.807) is 24.3 Å². The summed E-state index contributed by atoms with van der Waals surface area (Å²) in [5.74, 6) is -2.56. The van der Waals surface area contributed by atoms with Crippen molar-refractivity contribution in [2.24, 2.45) is 4.99 Å². The zero-order valence-corrected chi connectivity index (χ0v) is 10.4. The van der Waals surface area contributed by atoms with Crippen molar-refractivity contribution in [1.29, 1.82) is 0 Å². The molecule has 18 heavy (non-hydrogen) atoms. The summed E-state index contributed by atoms with van der Waals surface area (Å²) in [5, 5.41) is 9.51. The summed E-state index contributed by atoms with van der Waals surface area (Å²) in [6, 6.07) is 6.64. The van der Waals surface area contributed by atoms with E-state index in [0.29, 0.717) is 5.56 Å². The van der Waals surface area contributed by atoms with Gasteiger partial charge >= 0.3 is 6.18 Å². The molecule has 1 aliphatic heterocycles. The lowest BCUT2D eigenvalue weighted by molar-refractivity contribution is -0.266. The van der Waals surface area contributed by atoms with Gasteiger partial charge in [0.1, 0.15) is 6.42 Å². The molecule has 0 aromatic heterocycles. The third-order valence-corrected chi connectivity index (χ3v) is 2.67. The van der Waals surface area contributed by atoms with Crippen molar-refractivity contribution >= 4 is 21.8 Å². The van der Waals surface area contributed by atoms with Crippen molar-refractivity contribution in [2.45, 2.75) is 18.5 Å². The third-order valence-electron chi connectivity index (χ3n) is 2.15. The second kappa shape index (κ2) is 4.52. The highest BCUT2D eigenvalue weighted by Crippen LogP contribution is 2.31. The van der Waals surface area contributed by atoms with Gasteiger partial charge in [-0.2, -0.15) is 13.2 Å². The number of hydrogen-bond acceptors (Lipinski definition) is 4. The molecule has 1 aromatic rings. The molecule has 1 atom stereocenters. The van der Waals surface area contributed by atoms with Crippen molar-refractivity contribution < 1.29 is 23.1 Å². The van der Waals surface area contributed by atoms with E-state index in [0.717, 1.165) is 4.47 Å². The Labute approximate surface area is 109 Å². The lowest BCUT2D eigenvalue weighted by Crippen LogP contribution is -2.35. The Kier molecular flexibility index (Phi) is 3.35. The highest BCUT2D eigenvalue weighted by atomic mass is 79.9. The van der Waals surface area contributed by atoms with Crippen LogP contribution in [-0.2, 0) is 4.84 Å². The van der Waals surface area contributed by atoms with E-state index in [1.807, 2.05) is 0 Å². The van der Waals surface area contributed by atoms with Crippen LogP contribution >= 0.6 is 15.9 Å². The Balaban J connectivity index is 2.20. The molecule has 2 rings (SSSR count). The first kappa shape index (κ1) is 13.3. The first-order valence-corrected chi connectivity index (χ1v) is 5.66. The maximum atomic E-state index is 12.2. The quantitative estimate of drug-likeness (QED) is 0.878. The summed E-state index contributed by atoms with van der Waals surface area (Å²) < 4.78 is 37.4. The van der Waals surface area contributed by atoms with Crippen LogP contribution < -0.4 is 5.48 Å². The molecule has 8 heteroatoms. The van der Waals surface area contributed by atoms with Crippen molar-refractivity contribution in [1.82, 2.24) is 5.48 Å². The van der Waals surface area contributed by atoms with Gasteiger partial charge in [-0.25, -0.2) is 15.3 Å². The molecule has 0 saturated carbocycles. The third kappa shape index (κ3) is 3.21. The van der Waals surface area contributed by atoms with Gasteiger partial charge in [0, 0.05) is 10.0 Å². The van der Waals surface area contributed by atoms with E-state index in [2.05, 4.69) is 31.2 Å². The molecule has 0 amide bonds. The molecule has 0 spiro atoms. The van der Waals surface area contributed by atoms with E-state index in [1.165, 1.54) is 0 Å². The molecule has 4 nitrogen and oxygen atoms in total. The summed E-state index contributed by atoms with van der Waals surface area (Å²) in [6.45, 7) is 0. The number of halogens is 4. The highest BCUT2D eigenvalue weighted by Gasteiger charge is 2.46. The topological polar surface area (TPSA) is 53.9 Å². The molecule has 0 saturated heterocycles. The molecule has 0 fully saturated rings. The van der Waals surface area contributed by atoms with E-state index < -0.39 is 18.5 Å². The van der Waals surface area contributed by atoms with Crippen molar-refractivity contribution in [2.75, 3.05) is 0 Å². The number of hydrogen-bond donors (Lipinski definition) is 2. The second-order valence-electron chi connectivity index (χ2n) is 3.71. The van der Waals surface area contributed by atoms with Gasteiger partial charge in [0.05, 0.1) is 0 Å². The van der Waals surface area contributed by atoms with Crippen LogP contribution in [0.4, 0.5) is 13.2 Å². The minimum Gasteiger partial charge on any atom is -0.346 e. The lowest BCUT2D eigenvalue weighted by Gasteiger charge is -2.17. The molecule has 1 unspecified atom stereocenters. The molecule has 98 valence electrons. The minimum atomic E-state index is -4.57. The number of alkyl halides is 3. The first-order valence-electron chi connectivity index (χ1n) is 4.86. The van der Waals surface area contributed by atoms with Crippen molar-refractivity contribution in [3.05, 3.63) is 34.3 Å². The Bertz CT molecular complexity index is 475. The molecule has 1 aromatic carbocycles. The van der Waals surface area contributed by atoms with Crippen LogP contribution in [0, 0.1) is 0 Å². The van der Waals surface area contributed by atoms with Crippen LogP contribution in [0.5, 0.6) is 0 Å². The van der Waals surface area contributed by atoms with Crippen LogP contribution in [0.25, 0.3) is 0 Å². The van der Waals surface area contributed by atoms with Gasteiger partial charge in [0.2, 0.25) is 0 Å². The zero-order chi connectivity index (χ0) is 13.4. The molecule has 1 heterocycles. The average Bonchev–Trinajstić information content (AvgIpc) is 2.58. The summed E-state index contributed by atoms with van der Waals surface area (Å²) >= 11 is 3.23. The van der Waals surface area contributed by atoms with Crippen LogP contribution in [-0.4, -0.2) is 23.0 Å². The SMILES string of the molecule is OC1(CC(F)(F)F)N=C(c2ccc(Br)cc2)NO1. The highest BCUT2D eigenvalue weighted by molar-refractivity contribution is 9.10. The normalized spacial score (nSPS) is 23.7. The van der Waals surface area contributed by atoms with Gasteiger partial charge in [0.25, 0.3) is 5.91 Å². The average molecular weight is 325 g/mol. The maximum Gasteiger partial charge on any atom is 0.396 e. The summed E-state index contributed by atoms with van der Waals surface area (Å²) in [5.41, 5.74) is 2.70. The van der Waals surface area contributed by atoms with Gasteiger partial charge in [0.15, 0.2) is 5.84 Å². The van der Waals surface area contributed by atoms with E-state index >= 15 is 0 Å². The van der Waals surface area contributed by atoms with Crippen LogP contribution in [0.2, 0.25) is 0 Å². The Morgan fingerprint density at radius 3 is 2.50 bits per heavy atom. The van der Waals surface area contributed by atoms with Gasteiger partial charge in [-0.15, -0.1) is 0 Å². The maximum absolute atomic E-state index is 12.2. The van der Waals surface area contributed by atoms with Gasteiger partial charge in [-0.05, 0) is 12.1 Å². The Hall–Kier alpha value is -1.12. The Morgan fingerprint density at radius 1 is 1.33 bits per heavy atom. The number of hydroxylamine groups is 1. The lowest BCUT2D eigenvalue weighted by atomic mass is 10.2. The van der Waals surface area contributed by atoms with Gasteiger partial charge in [-0.1, -0.05) is 28.1 Å². The van der Waals surface area contributed by atoms with E-state index in [4.69, 9.17) is 0 Å². The van der Waals surface area contributed by atoms with Gasteiger partial charge < -0.3 is 5.11 Å². The number of aliphatic imine (C=N–C) groups is 1. The van der Waals surface area contributed by atoms with Gasteiger partial charge in [-0.3, -0.25) is 0 Å². The number of amidine groups is 1. The summed E-state index contributed by atoms with van der Waals surface area (Å²) in [7, 11) is 0. The summed E-state index contributed by atoms with van der Waals surface area (Å²) in [4.78, 5) is 7.99. The first-order chi connectivity index (χ1) is 8.27. The fourth-order valence-electron chi connectivity index (χ4n) is 1.42. The minimum absolute atomic E-state index is 0.0502. The molecule has 1 aliphatic rings. The Morgan fingerprint density at radius 2 is 1.94 bits per heavy atom. The molecule has 2 N–H and O–H groups in total. The fourth-order valence-corrected chi connectivity index (χ4v) is 1.68. The number of benzene rings is 1. The number of rotatable bonds is 2. The predicted molar refractivity (Wildman–Crippen MR) is 60.5 cm³/mol. The standard InChI is InChI=1S/C10H8BrF3N2O2/c11-7-3-1-6(2-4-7)8-15-10(17,18-16-8)5-9(12,13)14/h1-4,17H,5H2,(H,15,16). The smallest absolute Gasteiger partial charge is 0.346 e. The second-order valence-corrected chi connectivity index (χ2v) is 4.62. The van der Waals surface area contributed by atoms with E-state index in [-0.39, 0.29) is 5.84 Å². The van der Waals surface area contributed by atoms with Crippen molar-refractivity contribution in [3.63, 3.8) is 0 Å². The molecular weight excluding hydrogens is 317 g/mol. The molecule has 0 radical (unpaired) electrons. The van der Waals surface area contributed by atoms with Crippen LogP contribution in [0.3, 0.4) is 0 Å². The molecule has 0 aliphatic carbocycles. The fraction of sp³-hybridized carbons (Fsp3) is 0.300. The number of aliphatic hydroxyl groups is 1. The van der Waals surface area contributed by atoms with E-state index in [9.17, 15) is 18.3 Å². The predicted octanol–water partition coefficient (Wildman–Crippen LogP) is 2.33.